The summed E-state index contributed by atoms with van der Waals surface area (Å²) in [6.45, 7) is 12.6. The van der Waals surface area contributed by atoms with Crippen molar-refractivity contribution in [2.24, 2.45) is 5.92 Å². The maximum atomic E-state index is 3.59. The fourth-order valence-corrected chi connectivity index (χ4v) is 1.54. The van der Waals surface area contributed by atoms with Crippen molar-refractivity contribution in [3.8, 4) is 0 Å². The minimum atomic E-state index is 0.680. The first-order valence-electron chi connectivity index (χ1n) is 6.48. The smallest absolute Gasteiger partial charge is 0.00388 e. The monoisotopic (exact) mass is 214 g/mol. The van der Waals surface area contributed by atoms with Crippen LogP contribution in [0.2, 0.25) is 0 Å². The highest BCUT2D eigenvalue weighted by atomic mass is 15.1. The number of nitrogens with zero attached hydrogens (tertiary/aromatic N) is 1. The molecule has 0 radical (unpaired) electrons. The van der Waals surface area contributed by atoms with Crippen LogP contribution in [0.15, 0.2) is 0 Å². The molecule has 0 aromatic rings. The first-order chi connectivity index (χ1) is 7.06. The Balaban J connectivity index is 3.27. The third-order valence-electron chi connectivity index (χ3n) is 2.93. The summed E-state index contributed by atoms with van der Waals surface area (Å²) in [5, 5.41) is 3.59. The Morgan fingerprint density at radius 3 is 2.33 bits per heavy atom. The van der Waals surface area contributed by atoms with Crippen molar-refractivity contribution in [3.05, 3.63) is 0 Å². The largest absolute Gasteiger partial charge is 0.314 e. The Bertz CT molecular complexity index is 134. The molecule has 0 aromatic heterocycles. The molecular weight excluding hydrogens is 184 g/mol. The summed E-state index contributed by atoms with van der Waals surface area (Å²) in [6, 6.07) is 0.680. The summed E-state index contributed by atoms with van der Waals surface area (Å²) < 4.78 is 0. The van der Waals surface area contributed by atoms with Crippen molar-refractivity contribution < 1.29 is 0 Å². The van der Waals surface area contributed by atoms with Crippen molar-refractivity contribution in [1.82, 2.24) is 10.2 Å². The fourth-order valence-electron chi connectivity index (χ4n) is 1.54. The maximum absolute atomic E-state index is 3.59. The third-order valence-corrected chi connectivity index (χ3v) is 2.93. The molecule has 0 heterocycles. The van der Waals surface area contributed by atoms with Crippen molar-refractivity contribution in [2.75, 3.05) is 26.7 Å². The Morgan fingerprint density at radius 1 is 1.13 bits per heavy atom. The molecule has 0 aliphatic carbocycles. The lowest BCUT2D eigenvalue weighted by Gasteiger charge is -2.17. The zero-order valence-electron chi connectivity index (χ0n) is 11.3. The summed E-state index contributed by atoms with van der Waals surface area (Å²) in [7, 11) is 2.18. The van der Waals surface area contributed by atoms with Crippen LogP contribution < -0.4 is 5.32 Å². The van der Waals surface area contributed by atoms with Gasteiger partial charge in [0.1, 0.15) is 0 Å². The molecule has 0 bridgehead atoms. The van der Waals surface area contributed by atoms with Gasteiger partial charge in [-0.2, -0.15) is 0 Å². The second-order valence-electron chi connectivity index (χ2n) is 5.08. The highest BCUT2D eigenvalue weighted by Crippen LogP contribution is 2.06. The predicted octanol–water partition coefficient (Wildman–Crippen LogP) is 2.74. The zero-order chi connectivity index (χ0) is 11.7. The van der Waals surface area contributed by atoms with Crippen LogP contribution >= 0.6 is 0 Å². The SMILES string of the molecule is CCN(C)CCCNC(C)CCC(C)C. The van der Waals surface area contributed by atoms with Crippen molar-refractivity contribution in [2.45, 2.75) is 53.0 Å². The molecule has 0 rings (SSSR count). The number of nitrogens with one attached hydrogen (secondary N) is 1. The molecule has 0 saturated heterocycles. The van der Waals surface area contributed by atoms with Crippen LogP contribution in [0.5, 0.6) is 0 Å². The minimum Gasteiger partial charge on any atom is -0.314 e. The molecule has 92 valence electrons. The lowest BCUT2D eigenvalue weighted by molar-refractivity contribution is 0.338. The molecule has 0 saturated carbocycles. The van der Waals surface area contributed by atoms with Gasteiger partial charge >= 0.3 is 0 Å². The Hall–Kier alpha value is -0.0800. The van der Waals surface area contributed by atoms with Crippen LogP contribution in [-0.4, -0.2) is 37.6 Å². The molecular formula is C13H30N2. The summed E-state index contributed by atoms with van der Waals surface area (Å²) in [5.74, 6) is 0.834. The Morgan fingerprint density at radius 2 is 1.80 bits per heavy atom. The van der Waals surface area contributed by atoms with Gasteiger partial charge < -0.3 is 10.2 Å². The van der Waals surface area contributed by atoms with E-state index >= 15 is 0 Å². The molecule has 0 fully saturated rings. The fraction of sp³-hybridized carbons (Fsp3) is 1.00. The molecule has 1 atom stereocenters. The average molecular weight is 214 g/mol. The first-order valence-corrected chi connectivity index (χ1v) is 6.48. The number of hydrogen-bond donors (Lipinski definition) is 1. The van der Waals surface area contributed by atoms with Crippen LogP contribution in [0.25, 0.3) is 0 Å². The topological polar surface area (TPSA) is 15.3 Å². The van der Waals surface area contributed by atoms with Crippen molar-refractivity contribution in [1.29, 1.82) is 0 Å². The molecule has 0 aliphatic rings. The van der Waals surface area contributed by atoms with E-state index in [0.717, 1.165) is 19.0 Å². The van der Waals surface area contributed by atoms with Crippen molar-refractivity contribution >= 4 is 0 Å². The second-order valence-corrected chi connectivity index (χ2v) is 5.08. The van der Waals surface area contributed by atoms with Gasteiger partial charge in [-0.1, -0.05) is 20.8 Å². The van der Waals surface area contributed by atoms with E-state index in [1.165, 1.54) is 25.8 Å². The third kappa shape index (κ3) is 10.2. The zero-order valence-corrected chi connectivity index (χ0v) is 11.3. The molecule has 2 heteroatoms. The summed E-state index contributed by atoms with van der Waals surface area (Å²) in [5.41, 5.74) is 0. The van der Waals surface area contributed by atoms with E-state index in [1.807, 2.05) is 0 Å². The lowest BCUT2D eigenvalue weighted by atomic mass is 10.0. The minimum absolute atomic E-state index is 0.680. The molecule has 1 N–H and O–H groups in total. The van der Waals surface area contributed by atoms with E-state index in [0.29, 0.717) is 6.04 Å². The number of rotatable bonds is 9. The van der Waals surface area contributed by atoms with Gasteiger partial charge in [-0.25, -0.2) is 0 Å². The van der Waals surface area contributed by atoms with E-state index in [4.69, 9.17) is 0 Å². The van der Waals surface area contributed by atoms with Crippen LogP contribution in [0.1, 0.15) is 47.0 Å². The molecule has 0 aromatic carbocycles. The van der Waals surface area contributed by atoms with E-state index < -0.39 is 0 Å². The Labute approximate surface area is 96.4 Å². The van der Waals surface area contributed by atoms with Gasteiger partial charge in [-0.05, 0) is 58.8 Å². The van der Waals surface area contributed by atoms with Gasteiger partial charge in [0.15, 0.2) is 0 Å². The highest BCUT2D eigenvalue weighted by molar-refractivity contribution is 4.62. The van der Waals surface area contributed by atoms with E-state index in [9.17, 15) is 0 Å². The van der Waals surface area contributed by atoms with Gasteiger partial charge in [-0.15, -0.1) is 0 Å². The van der Waals surface area contributed by atoms with E-state index in [-0.39, 0.29) is 0 Å². The van der Waals surface area contributed by atoms with Crippen LogP contribution in [0.3, 0.4) is 0 Å². The molecule has 1 unspecified atom stereocenters. The van der Waals surface area contributed by atoms with Gasteiger partial charge in [0, 0.05) is 6.04 Å². The molecule has 15 heavy (non-hydrogen) atoms. The van der Waals surface area contributed by atoms with Crippen molar-refractivity contribution in [3.63, 3.8) is 0 Å². The average Bonchev–Trinajstić information content (AvgIpc) is 2.21. The van der Waals surface area contributed by atoms with Crippen LogP contribution in [0.4, 0.5) is 0 Å². The summed E-state index contributed by atoms with van der Waals surface area (Å²) in [4.78, 5) is 2.36. The molecule has 0 spiro atoms. The predicted molar refractivity (Wildman–Crippen MR) is 69.3 cm³/mol. The first kappa shape index (κ1) is 14.9. The summed E-state index contributed by atoms with van der Waals surface area (Å²) >= 11 is 0. The molecule has 2 nitrogen and oxygen atoms in total. The standard InChI is InChI=1S/C13H30N2/c1-6-15(5)11-7-10-14-13(4)9-8-12(2)3/h12-14H,6-11H2,1-5H3. The Kier molecular flexibility index (Phi) is 9.12. The lowest BCUT2D eigenvalue weighted by Crippen LogP contribution is -2.30. The second kappa shape index (κ2) is 9.17. The molecule has 0 aliphatic heterocycles. The van der Waals surface area contributed by atoms with Crippen LogP contribution in [-0.2, 0) is 0 Å². The quantitative estimate of drug-likeness (QED) is 0.594. The van der Waals surface area contributed by atoms with Gasteiger partial charge in [0.25, 0.3) is 0 Å². The molecule has 0 amide bonds. The van der Waals surface area contributed by atoms with E-state index in [2.05, 4.69) is 45.0 Å². The summed E-state index contributed by atoms with van der Waals surface area (Å²) in [6.07, 6.45) is 3.90. The van der Waals surface area contributed by atoms with E-state index in [1.54, 1.807) is 0 Å². The van der Waals surface area contributed by atoms with Gasteiger partial charge in [0.2, 0.25) is 0 Å². The normalized spacial score (nSPS) is 13.8. The van der Waals surface area contributed by atoms with Gasteiger partial charge in [0.05, 0.1) is 0 Å². The maximum Gasteiger partial charge on any atom is 0.00388 e. The number of hydrogen-bond acceptors (Lipinski definition) is 2. The highest BCUT2D eigenvalue weighted by Gasteiger charge is 2.02. The van der Waals surface area contributed by atoms with Gasteiger partial charge in [-0.3, -0.25) is 0 Å². The van der Waals surface area contributed by atoms with Crippen LogP contribution in [0, 0.1) is 5.92 Å².